The molecular weight excluding hydrogens is 286 g/mol. The van der Waals surface area contributed by atoms with Crippen molar-refractivity contribution in [1.82, 2.24) is 0 Å². The third-order valence-electron chi connectivity index (χ3n) is 3.78. The molecule has 1 atom stereocenters. The molecule has 0 aliphatic rings. The summed E-state index contributed by atoms with van der Waals surface area (Å²) < 4.78 is 5.62. The first-order chi connectivity index (χ1) is 11.2. The van der Waals surface area contributed by atoms with Gasteiger partial charge in [-0.25, -0.2) is 4.79 Å². The van der Waals surface area contributed by atoms with Gasteiger partial charge < -0.3 is 4.74 Å². The Labute approximate surface area is 137 Å². The highest BCUT2D eigenvalue weighted by atomic mass is 16.5. The first kappa shape index (κ1) is 16.8. The molecule has 0 heterocycles. The molecule has 2 aromatic carbocycles. The Hall–Kier alpha value is -2.60. The zero-order valence-electron chi connectivity index (χ0n) is 13.6. The monoisotopic (exact) mass is 307 g/mol. The lowest BCUT2D eigenvalue weighted by Crippen LogP contribution is -2.11. The van der Waals surface area contributed by atoms with E-state index in [2.05, 4.69) is 13.0 Å². The summed E-state index contributed by atoms with van der Waals surface area (Å²) in [5.41, 5.74) is 2.93. The van der Waals surface area contributed by atoms with E-state index >= 15 is 0 Å². The Balaban J connectivity index is 2.18. The van der Waals surface area contributed by atoms with Crippen LogP contribution in [0.25, 0.3) is 0 Å². The molecule has 0 bridgehead atoms. The summed E-state index contributed by atoms with van der Waals surface area (Å²) in [6.45, 7) is 4.05. The molecule has 118 valence electrons. The van der Waals surface area contributed by atoms with E-state index in [0.29, 0.717) is 17.5 Å². The molecule has 0 aliphatic carbocycles. The molecule has 0 N–H and O–H groups in total. The minimum atomic E-state index is -0.389. The van der Waals surface area contributed by atoms with Gasteiger partial charge in [0.1, 0.15) is 6.10 Å². The van der Waals surface area contributed by atoms with Crippen LogP contribution in [0.4, 0.5) is 0 Å². The van der Waals surface area contributed by atoms with Gasteiger partial charge in [0.25, 0.3) is 0 Å². The van der Waals surface area contributed by atoms with Crippen molar-refractivity contribution in [3.05, 3.63) is 70.8 Å². The average molecular weight is 307 g/mol. The molecule has 0 aromatic heterocycles. The van der Waals surface area contributed by atoms with Crippen LogP contribution in [-0.4, -0.2) is 5.97 Å². The number of ether oxygens (including phenoxy) is 1. The van der Waals surface area contributed by atoms with Gasteiger partial charge in [-0.15, -0.1) is 0 Å². The average Bonchev–Trinajstić information content (AvgIpc) is 2.60. The first-order valence-corrected chi connectivity index (χ1v) is 7.98. The molecule has 0 saturated carbocycles. The largest absolute Gasteiger partial charge is 0.454 e. The first-order valence-electron chi connectivity index (χ1n) is 7.98. The lowest BCUT2D eigenvalue weighted by molar-refractivity contribution is 0.0288. The van der Waals surface area contributed by atoms with Crippen molar-refractivity contribution in [3.63, 3.8) is 0 Å². The number of rotatable bonds is 6. The van der Waals surface area contributed by atoms with E-state index in [1.54, 1.807) is 12.1 Å². The number of benzene rings is 2. The van der Waals surface area contributed by atoms with E-state index in [1.807, 2.05) is 43.3 Å². The van der Waals surface area contributed by atoms with Crippen molar-refractivity contribution >= 4 is 5.97 Å². The van der Waals surface area contributed by atoms with Gasteiger partial charge in [-0.05, 0) is 36.1 Å². The van der Waals surface area contributed by atoms with Crippen LogP contribution in [0, 0.1) is 11.3 Å². The lowest BCUT2D eigenvalue weighted by atomic mass is 10.0. The summed E-state index contributed by atoms with van der Waals surface area (Å²) in [6, 6.07) is 17.1. The predicted molar refractivity (Wildman–Crippen MR) is 90.0 cm³/mol. The fourth-order valence-electron chi connectivity index (χ4n) is 2.55. The number of nitriles is 1. The smallest absolute Gasteiger partial charge is 0.338 e. The molecule has 2 aromatic rings. The van der Waals surface area contributed by atoms with Gasteiger partial charge >= 0.3 is 5.97 Å². The molecule has 2 rings (SSSR count). The van der Waals surface area contributed by atoms with Gasteiger partial charge in [-0.3, -0.25) is 0 Å². The van der Waals surface area contributed by atoms with Crippen molar-refractivity contribution in [2.45, 2.75) is 39.2 Å². The summed E-state index contributed by atoms with van der Waals surface area (Å²) >= 11 is 0. The second-order valence-electron chi connectivity index (χ2n) is 5.45. The highest BCUT2D eigenvalue weighted by Crippen LogP contribution is 2.23. The molecule has 0 aliphatic heterocycles. The summed E-state index contributed by atoms with van der Waals surface area (Å²) in [7, 11) is 0. The summed E-state index contributed by atoms with van der Waals surface area (Å²) in [4.78, 5) is 12.4. The molecule has 0 fully saturated rings. The van der Waals surface area contributed by atoms with Crippen LogP contribution in [0.15, 0.2) is 48.5 Å². The van der Waals surface area contributed by atoms with Crippen molar-refractivity contribution in [2.24, 2.45) is 0 Å². The molecule has 3 heteroatoms. The van der Waals surface area contributed by atoms with Gasteiger partial charge in [0.2, 0.25) is 0 Å². The van der Waals surface area contributed by atoms with Crippen LogP contribution in [0.2, 0.25) is 0 Å². The standard InChI is InChI=1S/C20H21NO2/c1-3-8-15-11-12-17(13-18(15)14-21)20(22)23-19(4-2)16-9-6-5-7-10-16/h5-7,9-13,19H,3-4,8H2,1-2H3. The zero-order chi connectivity index (χ0) is 16.7. The fourth-order valence-corrected chi connectivity index (χ4v) is 2.55. The zero-order valence-corrected chi connectivity index (χ0v) is 13.6. The molecule has 3 nitrogen and oxygen atoms in total. The number of aryl methyl sites for hydroxylation is 1. The highest BCUT2D eigenvalue weighted by molar-refractivity contribution is 5.90. The number of carbonyl (C=O) groups excluding carboxylic acids is 1. The fraction of sp³-hybridized carbons (Fsp3) is 0.300. The van der Waals surface area contributed by atoms with Gasteiger partial charge in [0.15, 0.2) is 0 Å². The van der Waals surface area contributed by atoms with Crippen LogP contribution in [-0.2, 0) is 11.2 Å². The topological polar surface area (TPSA) is 50.1 Å². The minimum absolute atomic E-state index is 0.274. The molecule has 1 unspecified atom stereocenters. The maximum absolute atomic E-state index is 12.4. The third kappa shape index (κ3) is 4.20. The van der Waals surface area contributed by atoms with Gasteiger partial charge in [-0.2, -0.15) is 5.26 Å². The molecule has 0 spiro atoms. The maximum Gasteiger partial charge on any atom is 0.338 e. The quantitative estimate of drug-likeness (QED) is 0.719. The second kappa shape index (κ2) is 8.14. The van der Waals surface area contributed by atoms with E-state index in [0.717, 1.165) is 24.0 Å². The van der Waals surface area contributed by atoms with Crippen molar-refractivity contribution < 1.29 is 9.53 Å². The van der Waals surface area contributed by atoms with Crippen molar-refractivity contribution in [3.8, 4) is 6.07 Å². The van der Waals surface area contributed by atoms with E-state index in [1.165, 1.54) is 0 Å². The number of hydrogen-bond donors (Lipinski definition) is 0. The Morgan fingerprint density at radius 1 is 1.17 bits per heavy atom. The van der Waals surface area contributed by atoms with E-state index in [4.69, 9.17) is 4.74 Å². The predicted octanol–water partition coefficient (Wildman–Crippen LogP) is 4.82. The Morgan fingerprint density at radius 3 is 2.52 bits per heavy atom. The van der Waals surface area contributed by atoms with E-state index in [9.17, 15) is 10.1 Å². The molecule has 0 amide bonds. The summed E-state index contributed by atoms with van der Waals surface area (Å²) in [5, 5.41) is 9.26. The van der Waals surface area contributed by atoms with Crippen LogP contribution >= 0.6 is 0 Å². The normalized spacial score (nSPS) is 11.5. The van der Waals surface area contributed by atoms with E-state index < -0.39 is 0 Å². The Bertz CT molecular complexity index is 701. The van der Waals surface area contributed by atoms with Crippen LogP contribution in [0.1, 0.15) is 59.8 Å². The summed E-state index contributed by atoms with van der Waals surface area (Å²) in [6.07, 6.45) is 2.23. The number of esters is 1. The molecule has 23 heavy (non-hydrogen) atoms. The molecular formula is C20H21NO2. The van der Waals surface area contributed by atoms with Crippen LogP contribution < -0.4 is 0 Å². The van der Waals surface area contributed by atoms with Crippen LogP contribution in [0.3, 0.4) is 0 Å². The van der Waals surface area contributed by atoms with Gasteiger partial charge in [0.05, 0.1) is 17.2 Å². The van der Waals surface area contributed by atoms with Crippen molar-refractivity contribution in [1.29, 1.82) is 5.26 Å². The van der Waals surface area contributed by atoms with Crippen molar-refractivity contribution in [2.75, 3.05) is 0 Å². The number of nitrogens with zero attached hydrogens (tertiary/aromatic N) is 1. The minimum Gasteiger partial charge on any atom is -0.454 e. The van der Waals surface area contributed by atoms with E-state index in [-0.39, 0.29) is 12.1 Å². The summed E-state index contributed by atoms with van der Waals surface area (Å²) in [5.74, 6) is -0.389. The molecule has 0 radical (unpaired) electrons. The Morgan fingerprint density at radius 2 is 1.91 bits per heavy atom. The van der Waals surface area contributed by atoms with Gasteiger partial charge in [-0.1, -0.05) is 56.7 Å². The number of carbonyl (C=O) groups is 1. The molecule has 0 saturated heterocycles. The second-order valence-corrected chi connectivity index (χ2v) is 5.45. The SMILES string of the molecule is CCCc1ccc(C(=O)OC(CC)c2ccccc2)cc1C#N. The Kier molecular flexibility index (Phi) is 5.94. The van der Waals surface area contributed by atoms with Gasteiger partial charge in [0, 0.05) is 0 Å². The highest BCUT2D eigenvalue weighted by Gasteiger charge is 2.17. The lowest BCUT2D eigenvalue weighted by Gasteiger charge is -2.17. The number of hydrogen-bond acceptors (Lipinski definition) is 3. The maximum atomic E-state index is 12.4. The van der Waals surface area contributed by atoms with Crippen LogP contribution in [0.5, 0.6) is 0 Å². The third-order valence-corrected chi connectivity index (χ3v) is 3.78.